The highest BCUT2D eigenvalue weighted by atomic mass is 16.7. The molecular weight excluding hydrogens is 236 g/mol. The van der Waals surface area contributed by atoms with Crippen molar-refractivity contribution in [3.8, 4) is 0 Å². The quantitative estimate of drug-likeness (QED) is 0.829. The van der Waals surface area contributed by atoms with E-state index in [0.29, 0.717) is 0 Å². The predicted molar refractivity (Wildman–Crippen MR) is 62.2 cm³/mol. The Bertz CT molecular complexity index is 435. The zero-order valence-electron chi connectivity index (χ0n) is 9.88. The second-order valence-corrected chi connectivity index (χ2v) is 3.97. The van der Waals surface area contributed by atoms with Crippen LogP contribution in [0.3, 0.4) is 0 Å². The molecule has 0 bridgehead atoms. The second-order valence-electron chi connectivity index (χ2n) is 3.97. The van der Waals surface area contributed by atoms with Crippen molar-refractivity contribution in [2.24, 2.45) is 0 Å². The maximum absolute atomic E-state index is 11.5. The average Bonchev–Trinajstić information content (AvgIpc) is 2.69. The Morgan fingerprint density at radius 3 is 2.78 bits per heavy atom. The fourth-order valence-electron chi connectivity index (χ4n) is 1.57. The van der Waals surface area contributed by atoms with E-state index in [1.165, 1.54) is 0 Å². The highest BCUT2D eigenvalue weighted by Crippen LogP contribution is 2.06. The molecule has 1 fully saturated rings. The maximum atomic E-state index is 11.5. The smallest absolute Gasteiger partial charge is 0.408 e. The number of hydrogen-bond acceptors (Lipinski definition) is 4. The van der Waals surface area contributed by atoms with Gasteiger partial charge in [-0.2, -0.15) is 0 Å². The van der Waals surface area contributed by atoms with Gasteiger partial charge in [-0.3, -0.25) is 9.63 Å². The number of nitrogens with one attached hydrogen (secondary N) is 2. The third-order valence-corrected chi connectivity index (χ3v) is 2.58. The maximum Gasteiger partial charge on any atom is 0.408 e. The lowest BCUT2D eigenvalue weighted by Crippen LogP contribution is -2.44. The van der Waals surface area contributed by atoms with Gasteiger partial charge in [-0.05, 0) is 12.5 Å². The summed E-state index contributed by atoms with van der Waals surface area (Å²) < 4.78 is 5.00. The molecule has 2 atom stereocenters. The molecule has 0 radical (unpaired) electrons. The summed E-state index contributed by atoms with van der Waals surface area (Å²) in [6.07, 6.45) is -1.06. The van der Waals surface area contributed by atoms with Gasteiger partial charge in [0, 0.05) is 0 Å². The van der Waals surface area contributed by atoms with Crippen LogP contribution in [0.2, 0.25) is 0 Å². The van der Waals surface area contributed by atoms with Crippen molar-refractivity contribution in [3.05, 3.63) is 35.9 Å². The van der Waals surface area contributed by atoms with E-state index in [1.807, 2.05) is 30.3 Å². The normalized spacial score (nSPS) is 22.4. The third kappa shape index (κ3) is 2.98. The van der Waals surface area contributed by atoms with Gasteiger partial charge in [-0.15, -0.1) is 0 Å². The number of carbonyl (C=O) groups is 2. The lowest BCUT2D eigenvalue weighted by atomic mass is 10.2. The summed E-state index contributed by atoms with van der Waals surface area (Å²) >= 11 is 0. The van der Waals surface area contributed by atoms with E-state index >= 15 is 0 Å². The summed E-state index contributed by atoms with van der Waals surface area (Å²) in [6.45, 7) is 1.84. The first-order valence-electron chi connectivity index (χ1n) is 5.59. The van der Waals surface area contributed by atoms with Crippen LogP contribution in [-0.2, 0) is 21.0 Å². The Kier molecular flexibility index (Phi) is 3.78. The number of carbonyl (C=O) groups excluding carboxylic acids is 2. The fourth-order valence-corrected chi connectivity index (χ4v) is 1.57. The molecule has 0 unspecified atom stereocenters. The van der Waals surface area contributed by atoms with E-state index in [0.717, 1.165) is 5.56 Å². The minimum absolute atomic E-state index is 0.163. The van der Waals surface area contributed by atoms with E-state index < -0.39 is 18.2 Å². The van der Waals surface area contributed by atoms with E-state index in [4.69, 9.17) is 9.57 Å². The molecule has 1 aliphatic rings. The number of amides is 2. The third-order valence-electron chi connectivity index (χ3n) is 2.58. The molecule has 6 heteroatoms. The van der Waals surface area contributed by atoms with Crippen LogP contribution in [0.15, 0.2) is 30.3 Å². The first-order valence-corrected chi connectivity index (χ1v) is 5.59. The minimum atomic E-state index is -0.715. The summed E-state index contributed by atoms with van der Waals surface area (Å²) in [5.74, 6) is -0.376. The van der Waals surface area contributed by atoms with Crippen molar-refractivity contribution in [1.82, 2.24) is 10.8 Å². The van der Waals surface area contributed by atoms with E-state index in [-0.39, 0.29) is 12.5 Å². The van der Waals surface area contributed by atoms with Crippen molar-refractivity contribution < 1.29 is 19.2 Å². The molecule has 0 aromatic heterocycles. The van der Waals surface area contributed by atoms with Gasteiger partial charge in [0.25, 0.3) is 5.91 Å². The van der Waals surface area contributed by atoms with Gasteiger partial charge in [0.1, 0.15) is 18.8 Å². The molecule has 1 aromatic carbocycles. The SMILES string of the molecule is C[C@@H]1ONC(=O)[C@H]1NC(=O)OCc1ccccc1. The second kappa shape index (κ2) is 5.50. The average molecular weight is 250 g/mol. The molecule has 2 N–H and O–H groups in total. The fraction of sp³-hybridized carbons (Fsp3) is 0.333. The van der Waals surface area contributed by atoms with Crippen molar-refractivity contribution in [1.29, 1.82) is 0 Å². The van der Waals surface area contributed by atoms with Crippen LogP contribution >= 0.6 is 0 Å². The largest absolute Gasteiger partial charge is 0.445 e. The van der Waals surface area contributed by atoms with Crippen LogP contribution < -0.4 is 10.8 Å². The van der Waals surface area contributed by atoms with Crippen LogP contribution in [-0.4, -0.2) is 24.1 Å². The molecule has 1 saturated heterocycles. The molecule has 1 aromatic rings. The lowest BCUT2D eigenvalue weighted by Gasteiger charge is -2.12. The molecule has 1 aliphatic heterocycles. The molecular formula is C12H14N2O4. The molecule has 0 saturated carbocycles. The summed E-state index contributed by atoms with van der Waals surface area (Å²) in [6, 6.07) is 8.58. The number of benzene rings is 1. The Labute approximate surface area is 104 Å². The van der Waals surface area contributed by atoms with Gasteiger partial charge in [0.05, 0.1) is 0 Å². The molecule has 2 rings (SSSR count). The Balaban J connectivity index is 1.80. The summed E-state index contributed by atoms with van der Waals surface area (Å²) in [4.78, 5) is 27.7. The first kappa shape index (κ1) is 12.4. The van der Waals surface area contributed by atoms with Gasteiger partial charge in [-0.25, -0.2) is 10.3 Å². The van der Waals surface area contributed by atoms with Crippen molar-refractivity contribution in [2.45, 2.75) is 25.7 Å². The van der Waals surface area contributed by atoms with Gasteiger partial charge in [0.15, 0.2) is 0 Å². The Hall–Kier alpha value is -2.08. The standard InChI is InChI=1S/C12H14N2O4/c1-8-10(11(15)14-18-8)13-12(16)17-7-9-5-3-2-4-6-9/h2-6,8,10H,7H2,1H3,(H,13,16)(H,14,15)/t8-,10-/m0/s1. The number of ether oxygens (including phenoxy) is 1. The molecule has 0 aliphatic carbocycles. The topological polar surface area (TPSA) is 76.7 Å². The molecule has 0 spiro atoms. The van der Waals surface area contributed by atoms with Gasteiger partial charge in [0.2, 0.25) is 0 Å². The highest BCUT2D eigenvalue weighted by Gasteiger charge is 2.34. The van der Waals surface area contributed by atoms with Gasteiger partial charge in [-0.1, -0.05) is 30.3 Å². The van der Waals surface area contributed by atoms with Crippen molar-refractivity contribution in [2.75, 3.05) is 0 Å². The van der Waals surface area contributed by atoms with Crippen LogP contribution in [0, 0.1) is 0 Å². The van der Waals surface area contributed by atoms with Crippen LogP contribution in [0.1, 0.15) is 12.5 Å². The lowest BCUT2D eigenvalue weighted by molar-refractivity contribution is -0.125. The van der Waals surface area contributed by atoms with Crippen LogP contribution in [0.25, 0.3) is 0 Å². The predicted octanol–water partition coefficient (Wildman–Crippen LogP) is 0.731. The molecule has 6 nitrogen and oxygen atoms in total. The first-order chi connectivity index (χ1) is 8.66. The molecule has 2 amide bonds. The summed E-state index contributed by atoms with van der Waals surface area (Å²) in [5, 5.41) is 2.45. The zero-order chi connectivity index (χ0) is 13.0. The number of alkyl carbamates (subject to hydrolysis) is 1. The van der Waals surface area contributed by atoms with E-state index in [1.54, 1.807) is 6.92 Å². The zero-order valence-corrected chi connectivity index (χ0v) is 9.88. The minimum Gasteiger partial charge on any atom is -0.445 e. The number of hydrogen-bond donors (Lipinski definition) is 2. The molecule has 96 valence electrons. The van der Waals surface area contributed by atoms with E-state index in [9.17, 15) is 9.59 Å². The van der Waals surface area contributed by atoms with Crippen molar-refractivity contribution in [3.63, 3.8) is 0 Å². The summed E-state index contributed by atoms with van der Waals surface area (Å²) in [5.41, 5.74) is 3.07. The summed E-state index contributed by atoms with van der Waals surface area (Å²) in [7, 11) is 0. The molecule has 1 heterocycles. The number of rotatable bonds is 3. The Morgan fingerprint density at radius 1 is 1.44 bits per heavy atom. The van der Waals surface area contributed by atoms with Gasteiger partial charge >= 0.3 is 6.09 Å². The molecule has 18 heavy (non-hydrogen) atoms. The Morgan fingerprint density at radius 2 is 2.17 bits per heavy atom. The van der Waals surface area contributed by atoms with Crippen LogP contribution in [0.5, 0.6) is 0 Å². The highest BCUT2D eigenvalue weighted by molar-refractivity contribution is 5.86. The van der Waals surface area contributed by atoms with Crippen molar-refractivity contribution >= 4 is 12.0 Å². The monoisotopic (exact) mass is 250 g/mol. The van der Waals surface area contributed by atoms with E-state index in [2.05, 4.69) is 10.8 Å². The number of hydroxylamine groups is 1. The van der Waals surface area contributed by atoms with Gasteiger partial charge < -0.3 is 10.1 Å². The van der Waals surface area contributed by atoms with Crippen LogP contribution in [0.4, 0.5) is 4.79 Å².